The number of hydrogen-bond donors (Lipinski definition) is 0. The molecule has 0 spiro atoms. The van der Waals surface area contributed by atoms with E-state index in [0.29, 0.717) is 12.5 Å². The van der Waals surface area contributed by atoms with Gasteiger partial charge in [0.1, 0.15) is 5.75 Å². The Morgan fingerprint density at radius 1 is 1.03 bits per heavy atom. The van der Waals surface area contributed by atoms with Crippen molar-refractivity contribution in [3.63, 3.8) is 0 Å². The number of ether oxygens (including phenoxy) is 1. The van der Waals surface area contributed by atoms with Crippen LogP contribution in [0.25, 0.3) is 0 Å². The number of hydrogen-bond acceptors (Lipinski definition) is 4. The lowest BCUT2D eigenvalue weighted by molar-refractivity contribution is -0.120. The van der Waals surface area contributed by atoms with Crippen molar-refractivity contribution in [1.82, 2.24) is 0 Å². The van der Waals surface area contributed by atoms with Crippen molar-refractivity contribution >= 4 is 21.4 Å². The van der Waals surface area contributed by atoms with E-state index in [4.69, 9.17) is 4.74 Å². The quantitative estimate of drug-likeness (QED) is 0.414. The zero-order valence-corrected chi connectivity index (χ0v) is 21.6. The van der Waals surface area contributed by atoms with E-state index in [1.54, 1.807) is 31.4 Å². The molecule has 35 heavy (non-hydrogen) atoms. The normalized spacial score (nSPS) is 15.5. The molecule has 5 nitrogen and oxygen atoms in total. The first-order chi connectivity index (χ1) is 16.7. The second-order valence-electron chi connectivity index (χ2n) is 9.60. The number of nitrogens with zero attached hydrogens (tertiary/aromatic N) is 1. The van der Waals surface area contributed by atoms with Crippen molar-refractivity contribution in [1.29, 1.82) is 0 Å². The van der Waals surface area contributed by atoms with Crippen LogP contribution in [0.1, 0.15) is 60.8 Å². The van der Waals surface area contributed by atoms with Gasteiger partial charge in [-0.05, 0) is 83.8 Å². The van der Waals surface area contributed by atoms with Crippen molar-refractivity contribution in [3.05, 3.63) is 89.0 Å². The molecule has 0 saturated carbocycles. The molecule has 4 rings (SSSR count). The number of carbonyl (C=O) groups excluding carboxylic acids is 1. The number of carbonyl (C=O) groups is 1. The number of aryl methyl sites for hydroxylation is 1. The average Bonchev–Trinajstić information content (AvgIpc) is 2.86. The molecule has 0 saturated heterocycles. The molecule has 1 atom stereocenters. The van der Waals surface area contributed by atoms with Gasteiger partial charge in [-0.25, -0.2) is 8.42 Å². The molecule has 0 aliphatic heterocycles. The number of amides is 1. The fraction of sp³-hybridized carbons (Fsp3) is 0.345. The maximum absolute atomic E-state index is 14.1. The van der Waals surface area contributed by atoms with E-state index in [1.807, 2.05) is 29.2 Å². The lowest BCUT2D eigenvalue weighted by Gasteiger charge is -2.31. The molecule has 3 aromatic rings. The monoisotopic (exact) mass is 491 g/mol. The standard InChI is InChI=1S/C29H33NO4S/c1-20(2)22-10-13-24(14-11-22)30(19-21-8-16-26(17-9-21)35(4,32)33)29(31)27-7-5-6-23-12-15-25(34-3)18-28(23)27/h8-18,20,27H,5-7,19H2,1-4H3. The topological polar surface area (TPSA) is 63.7 Å². The van der Waals surface area contributed by atoms with Gasteiger partial charge in [0.25, 0.3) is 0 Å². The molecule has 0 aromatic heterocycles. The highest BCUT2D eigenvalue weighted by Gasteiger charge is 2.31. The summed E-state index contributed by atoms with van der Waals surface area (Å²) in [5.41, 5.74) is 5.16. The summed E-state index contributed by atoms with van der Waals surface area (Å²) in [4.78, 5) is 16.2. The largest absolute Gasteiger partial charge is 0.497 e. The van der Waals surface area contributed by atoms with E-state index in [1.165, 1.54) is 17.4 Å². The first-order valence-electron chi connectivity index (χ1n) is 12.0. The van der Waals surface area contributed by atoms with Crippen molar-refractivity contribution in [2.75, 3.05) is 18.3 Å². The molecule has 0 radical (unpaired) electrons. The van der Waals surface area contributed by atoms with E-state index in [0.717, 1.165) is 41.8 Å². The van der Waals surface area contributed by atoms with Crippen LogP contribution in [0.15, 0.2) is 71.6 Å². The van der Waals surface area contributed by atoms with Gasteiger partial charge in [-0.2, -0.15) is 0 Å². The fourth-order valence-corrected chi connectivity index (χ4v) is 5.34. The summed E-state index contributed by atoms with van der Waals surface area (Å²) in [5.74, 6) is 0.944. The third-order valence-electron chi connectivity index (χ3n) is 6.80. The molecule has 0 bridgehead atoms. The first kappa shape index (κ1) is 25.0. The SMILES string of the molecule is COc1ccc2c(c1)C(C(=O)N(Cc1ccc(S(C)(=O)=O)cc1)c1ccc(C(C)C)cc1)CCC2. The van der Waals surface area contributed by atoms with E-state index in [-0.39, 0.29) is 16.7 Å². The number of methoxy groups -OCH3 is 1. The predicted molar refractivity (Wildman–Crippen MR) is 140 cm³/mol. The average molecular weight is 492 g/mol. The molecule has 1 aliphatic rings. The van der Waals surface area contributed by atoms with Crippen LogP contribution in [0.5, 0.6) is 5.75 Å². The van der Waals surface area contributed by atoms with E-state index < -0.39 is 9.84 Å². The van der Waals surface area contributed by atoms with Gasteiger partial charge in [-0.15, -0.1) is 0 Å². The molecule has 1 amide bonds. The first-order valence-corrected chi connectivity index (χ1v) is 13.9. The highest BCUT2D eigenvalue weighted by atomic mass is 32.2. The molecular formula is C29H33NO4S. The molecule has 0 N–H and O–H groups in total. The Hall–Kier alpha value is -3.12. The van der Waals surface area contributed by atoms with Gasteiger partial charge in [0.2, 0.25) is 5.91 Å². The Labute approximate surface area is 208 Å². The van der Waals surface area contributed by atoms with Crippen LogP contribution < -0.4 is 9.64 Å². The molecule has 1 unspecified atom stereocenters. The number of rotatable bonds is 7. The number of fused-ring (bicyclic) bond motifs is 1. The third kappa shape index (κ3) is 5.59. The lowest BCUT2D eigenvalue weighted by atomic mass is 9.81. The fourth-order valence-electron chi connectivity index (χ4n) is 4.71. The lowest BCUT2D eigenvalue weighted by Crippen LogP contribution is -2.36. The van der Waals surface area contributed by atoms with Gasteiger partial charge in [0.15, 0.2) is 9.84 Å². The molecule has 1 aliphatic carbocycles. The van der Waals surface area contributed by atoms with E-state index in [9.17, 15) is 13.2 Å². The summed E-state index contributed by atoms with van der Waals surface area (Å²) in [6.07, 6.45) is 3.90. The second kappa shape index (κ2) is 10.2. The zero-order chi connectivity index (χ0) is 25.2. The molecular weight excluding hydrogens is 458 g/mol. The Morgan fingerprint density at radius 2 is 1.71 bits per heavy atom. The van der Waals surface area contributed by atoms with Crippen LogP contribution >= 0.6 is 0 Å². The zero-order valence-electron chi connectivity index (χ0n) is 20.8. The minimum absolute atomic E-state index is 0.0451. The van der Waals surface area contributed by atoms with Gasteiger partial charge >= 0.3 is 0 Å². The summed E-state index contributed by atoms with van der Waals surface area (Å²) in [5, 5.41) is 0. The van der Waals surface area contributed by atoms with Gasteiger partial charge < -0.3 is 9.64 Å². The minimum atomic E-state index is -3.28. The van der Waals surface area contributed by atoms with E-state index >= 15 is 0 Å². The van der Waals surface area contributed by atoms with Gasteiger partial charge in [0, 0.05) is 11.9 Å². The highest BCUT2D eigenvalue weighted by molar-refractivity contribution is 7.90. The van der Waals surface area contributed by atoms with E-state index in [2.05, 4.69) is 32.0 Å². The van der Waals surface area contributed by atoms with Crippen molar-refractivity contribution in [2.24, 2.45) is 0 Å². The predicted octanol–water partition coefficient (Wildman–Crippen LogP) is 5.88. The van der Waals surface area contributed by atoms with Crippen LogP contribution in [0, 0.1) is 0 Å². The van der Waals surface area contributed by atoms with Crippen molar-refractivity contribution < 1.29 is 17.9 Å². The summed E-state index contributed by atoms with van der Waals surface area (Å²) in [6.45, 7) is 4.65. The number of benzene rings is 3. The molecule has 6 heteroatoms. The summed E-state index contributed by atoms with van der Waals surface area (Å²) < 4.78 is 29.2. The van der Waals surface area contributed by atoms with Crippen LogP contribution in [0.2, 0.25) is 0 Å². The Kier molecular flexibility index (Phi) is 7.31. The third-order valence-corrected chi connectivity index (χ3v) is 7.92. The van der Waals surface area contributed by atoms with Gasteiger partial charge in [-0.3, -0.25) is 4.79 Å². The second-order valence-corrected chi connectivity index (χ2v) is 11.6. The van der Waals surface area contributed by atoms with Gasteiger partial charge in [-0.1, -0.05) is 44.2 Å². The van der Waals surface area contributed by atoms with Crippen molar-refractivity contribution in [2.45, 2.75) is 56.4 Å². The summed E-state index contributed by atoms with van der Waals surface area (Å²) >= 11 is 0. The van der Waals surface area contributed by atoms with Crippen LogP contribution in [-0.2, 0) is 27.6 Å². The minimum Gasteiger partial charge on any atom is -0.497 e. The smallest absolute Gasteiger partial charge is 0.234 e. The maximum Gasteiger partial charge on any atom is 0.234 e. The Morgan fingerprint density at radius 3 is 2.31 bits per heavy atom. The molecule has 184 valence electrons. The van der Waals surface area contributed by atoms with Crippen LogP contribution in [-0.4, -0.2) is 27.7 Å². The maximum atomic E-state index is 14.1. The highest BCUT2D eigenvalue weighted by Crippen LogP contribution is 2.37. The summed E-state index contributed by atoms with van der Waals surface area (Å²) in [6, 6.07) is 21.0. The Bertz CT molecular complexity index is 1300. The number of anilines is 1. The number of sulfone groups is 1. The van der Waals surface area contributed by atoms with Crippen LogP contribution in [0.4, 0.5) is 5.69 Å². The summed E-state index contributed by atoms with van der Waals surface area (Å²) in [7, 11) is -1.64. The molecule has 0 heterocycles. The molecule has 0 fully saturated rings. The molecule has 3 aromatic carbocycles. The van der Waals surface area contributed by atoms with Gasteiger partial charge in [0.05, 0.1) is 24.5 Å². The Balaban J connectivity index is 1.71. The van der Waals surface area contributed by atoms with Crippen LogP contribution in [0.3, 0.4) is 0 Å². The van der Waals surface area contributed by atoms with Crippen molar-refractivity contribution in [3.8, 4) is 5.75 Å².